The Labute approximate surface area is 170 Å². The van der Waals surface area contributed by atoms with Gasteiger partial charge in [0.05, 0.1) is 43.1 Å². The number of alkyl halides is 3. The second kappa shape index (κ2) is 7.93. The number of nitrogens with zero attached hydrogens (tertiary/aromatic N) is 4. The second-order valence-corrected chi connectivity index (χ2v) is 7.49. The molecule has 0 amide bonds. The SMILES string of the molecule is CC1(C)O[C@@H]2[C@H](O1)[C@@H](Nc1cncc(C(F)(F)F)n1)CO[C@@H]2CNc1ccnnc1. The molecule has 2 saturated heterocycles. The lowest BCUT2D eigenvalue weighted by molar-refractivity contribution is -0.152. The van der Waals surface area contributed by atoms with Crippen LogP contribution in [0.15, 0.2) is 30.9 Å². The first kappa shape index (κ1) is 20.7. The van der Waals surface area contributed by atoms with E-state index in [2.05, 4.69) is 30.8 Å². The molecule has 4 heterocycles. The number of hydrogen-bond acceptors (Lipinski definition) is 9. The van der Waals surface area contributed by atoms with Gasteiger partial charge in [0.1, 0.15) is 24.1 Å². The van der Waals surface area contributed by atoms with E-state index in [0.29, 0.717) is 12.7 Å². The maximum atomic E-state index is 12.9. The van der Waals surface area contributed by atoms with E-state index in [9.17, 15) is 13.2 Å². The van der Waals surface area contributed by atoms with Crippen LogP contribution >= 0.6 is 0 Å². The maximum absolute atomic E-state index is 12.9. The van der Waals surface area contributed by atoms with Crippen LogP contribution in [0, 0.1) is 0 Å². The van der Waals surface area contributed by atoms with Crippen LogP contribution in [-0.4, -0.2) is 63.5 Å². The molecule has 0 aliphatic carbocycles. The van der Waals surface area contributed by atoms with Crippen molar-refractivity contribution in [1.82, 2.24) is 20.2 Å². The summed E-state index contributed by atoms with van der Waals surface area (Å²) in [4.78, 5) is 7.24. The van der Waals surface area contributed by atoms with Crippen LogP contribution in [0.4, 0.5) is 24.7 Å². The van der Waals surface area contributed by atoms with Gasteiger partial charge >= 0.3 is 6.18 Å². The Morgan fingerprint density at radius 3 is 2.67 bits per heavy atom. The second-order valence-electron chi connectivity index (χ2n) is 7.49. The fourth-order valence-electron chi connectivity index (χ4n) is 3.51. The smallest absolute Gasteiger partial charge is 0.381 e. The fraction of sp³-hybridized carbons (Fsp3) is 0.556. The zero-order valence-electron chi connectivity index (χ0n) is 16.3. The van der Waals surface area contributed by atoms with Crippen LogP contribution in [0.1, 0.15) is 19.5 Å². The van der Waals surface area contributed by atoms with Gasteiger partial charge in [-0.25, -0.2) is 4.98 Å². The molecular weight excluding hydrogens is 405 g/mol. The molecule has 2 aromatic heterocycles. The van der Waals surface area contributed by atoms with E-state index in [1.807, 2.05) is 0 Å². The molecular formula is C18H21F3N6O3. The maximum Gasteiger partial charge on any atom is 0.434 e. The molecule has 2 aliphatic rings. The summed E-state index contributed by atoms with van der Waals surface area (Å²) >= 11 is 0. The lowest BCUT2D eigenvalue weighted by Crippen LogP contribution is -2.56. The van der Waals surface area contributed by atoms with Crippen molar-refractivity contribution in [3.8, 4) is 0 Å². The summed E-state index contributed by atoms with van der Waals surface area (Å²) in [6.45, 7) is 4.19. The highest BCUT2D eigenvalue weighted by Gasteiger charge is 2.52. The normalized spacial score (nSPS) is 28.0. The Morgan fingerprint density at radius 2 is 1.93 bits per heavy atom. The Bertz CT molecular complexity index is 870. The van der Waals surface area contributed by atoms with Crippen LogP contribution in [0.3, 0.4) is 0 Å². The first-order valence-corrected chi connectivity index (χ1v) is 9.35. The van der Waals surface area contributed by atoms with E-state index in [1.165, 1.54) is 6.20 Å². The van der Waals surface area contributed by atoms with Crippen LogP contribution in [0.5, 0.6) is 0 Å². The van der Waals surface area contributed by atoms with E-state index in [1.54, 1.807) is 32.3 Å². The molecule has 4 atom stereocenters. The highest BCUT2D eigenvalue weighted by atomic mass is 19.4. The predicted octanol–water partition coefficient (Wildman–Crippen LogP) is 2.10. The Balaban J connectivity index is 1.47. The molecule has 0 unspecified atom stereocenters. The molecule has 30 heavy (non-hydrogen) atoms. The Kier molecular flexibility index (Phi) is 5.47. The van der Waals surface area contributed by atoms with Gasteiger partial charge in [0, 0.05) is 6.54 Å². The third-order valence-electron chi connectivity index (χ3n) is 4.77. The molecule has 2 aromatic rings. The minimum atomic E-state index is -4.58. The summed E-state index contributed by atoms with van der Waals surface area (Å²) in [6.07, 6.45) is -0.734. The van der Waals surface area contributed by atoms with Gasteiger partial charge < -0.3 is 24.8 Å². The number of aromatic nitrogens is 4. The third-order valence-corrected chi connectivity index (χ3v) is 4.77. The Hall–Kier alpha value is -2.57. The zero-order valence-corrected chi connectivity index (χ0v) is 16.3. The number of hydrogen-bond donors (Lipinski definition) is 2. The number of ether oxygens (including phenoxy) is 3. The third kappa shape index (κ3) is 4.60. The van der Waals surface area contributed by atoms with Gasteiger partial charge in [0.2, 0.25) is 0 Å². The average molecular weight is 426 g/mol. The molecule has 2 fully saturated rings. The van der Waals surface area contributed by atoms with Crippen molar-refractivity contribution in [2.45, 2.75) is 50.2 Å². The van der Waals surface area contributed by atoms with E-state index < -0.39 is 35.9 Å². The van der Waals surface area contributed by atoms with Crippen LogP contribution in [-0.2, 0) is 20.4 Å². The van der Waals surface area contributed by atoms with Crippen LogP contribution in [0.25, 0.3) is 0 Å². The number of anilines is 2. The van der Waals surface area contributed by atoms with E-state index in [-0.39, 0.29) is 18.5 Å². The molecule has 0 spiro atoms. The summed E-state index contributed by atoms with van der Waals surface area (Å²) in [6, 6.07) is 1.31. The van der Waals surface area contributed by atoms with Crippen LogP contribution < -0.4 is 10.6 Å². The van der Waals surface area contributed by atoms with Gasteiger partial charge in [0.15, 0.2) is 11.5 Å². The van der Waals surface area contributed by atoms with Crippen molar-refractivity contribution in [3.05, 3.63) is 36.5 Å². The van der Waals surface area contributed by atoms with Gasteiger partial charge in [-0.15, -0.1) is 0 Å². The summed E-state index contributed by atoms with van der Waals surface area (Å²) in [7, 11) is 0. The highest BCUT2D eigenvalue weighted by molar-refractivity contribution is 5.39. The minimum Gasteiger partial charge on any atom is -0.381 e. The molecule has 0 radical (unpaired) electrons. The van der Waals surface area contributed by atoms with Gasteiger partial charge in [-0.2, -0.15) is 23.4 Å². The zero-order chi connectivity index (χ0) is 21.4. The quantitative estimate of drug-likeness (QED) is 0.744. The molecule has 162 valence electrons. The van der Waals surface area contributed by atoms with Gasteiger partial charge in [0.25, 0.3) is 0 Å². The lowest BCUT2D eigenvalue weighted by Gasteiger charge is -2.37. The summed E-state index contributed by atoms with van der Waals surface area (Å²) in [5, 5.41) is 13.7. The lowest BCUT2D eigenvalue weighted by atomic mass is 9.98. The number of rotatable bonds is 5. The van der Waals surface area contributed by atoms with Crippen molar-refractivity contribution < 1.29 is 27.4 Å². The molecule has 0 bridgehead atoms. The van der Waals surface area contributed by atoms with Crippen molar-refractivity contribution in [2.75, 3.05) is 23.8 Å². The molecule has 4 rings (SSSR count). The number of halogens is 3. The molecule has 12 heteroatoms. The van der Waals surface area contributed by atoms with Crippen molar-refractivity contribution in [1.29, 1.82) is 0 Å². The first-order chi connectivity index (χ1) is 14.2. The molecule has 2 aliphatic heterocycles. The predicted molar refractivity (Wildman–Crippen MR) is 98.5 cm³/mol. The molecule has 0 saturated carbocycles. The minimum absolute atomic E-state index is 0.00934. The van der Waals surface area contributed by atoms with Gasteiger partial charge in [-0.05, 0) is 19.9 Å². The largest absolute Gasteiger partial charge is 0.434 e. The molecule has 0 aromatic carbocycles. The summed E-state index contributed by atoms with van der Waals surface area (Å²) in [5.41, 5.74) is -0.291. The molecule has 9 nitrogen and oxygen atoms in total. The van der Waals surface area contributed by atoms with Crippen molar-refractivity contribution in [2.24, 2.45) is 0 Å². The first-order valence-electron chi connectivity index (χ1n) is 9.35. The van der Waals surface area contributed by atoms with Gasteiger partial charge in [-0.3, -0.25) is 4.98 Å². The fourth-order valence-corrected chi connectivity index (χ4v) is 3.51. The number of fused-ring (bicyclic) bond motifs is 1. The van der Waals surface area contributed by atoms with E-state index in [4.69, 9.17) is 14.2 Å². The van der Waals surface area contributed by atoms with Crippen LogP contribution in [0.2, 0.25) is 0 Å². The highest BCUT2D eigenvalue weighted by Crippen LogP contribution is 2.36. The monoisotopic (exact) mass is 426 g/mol. The topological polar surface area (TPSA) is 103 Å². The Morgan fingerprint density at radius 1 is 1.13 bits per heavy atom. The van der Waals surface area contributed by atoms with Gasteiger partial charge in [-0.1, -0.05) is 0 Å². The summed E-state index contributed by atoms with van der Waals surface area (Å²) in [5.74, 6) is -0.872. The average Bonchev–Trinajstić information content (AvgIpc) is 3.03. The van der Waals surface area contributed by atoms with Crippen molar-refractivity contribution >= 4 is 11.5 Å². The number of nitrogens with one attached hydrogen (secondary N) is 2. The van der Waals surface area contributed by atoms with E-state index >= 15 is 0 Å². The summed E-state index contributed by atoms with van der Waals surface area (Å²) < 4.78 is 56.8. The molecule has 2 N–H and O–H groups in total. The standard InChI is InChI=1S/C18H21F3N6O3/c1-17(2)29-15-11(26-14-8-22-7-13(27-14)18(19,20)21)9-28-12(16(15)30-17)6-23-10-3-4-24-25-5-10/h3-5,7-8,11-12,15-16H,6,9H2,1-2H3,(H,23,24)(H,26,27)/t11-,12+,15+,16-/m0/s1. The van der Waals surface area contributed by atoms with Crippen molar-refractivity contribution in [3.63, 3.8) is 0 Å². The van der Waals surface area contributed by atoms with E-state index in [0.717, 1.165) is 5.69 Å².